The lowest BCUT2D eigenvalue weighted by Crippen LogP contribution is -2.13. The number of nitrogens with zero attached hydrogens (tertiary/aromatic N) is 2. The van der Waals surface area contributed by atoms with Crippen molar-refractivity contribution in [3.63, 3.8) is 0 Å². The first-order chi connectivity index (χ1) is 11.6. The lowest BCUT2D eigenvalue weighted by atomic mass is 10.2. The van der Waals surface area contributed by atoms with Crippen molar-refractivity contribution in [2.45, 2.75) is 0 Å². The summed E-state index contributed by atoms with van der Waals surface area (Å²) in [5.74, 6) is 0.0145. The maximum absolute atomic E-state index is 12.9. The van der Waals surface area contributed by atoms with Crippen molar-refractivity contribution in [2.24, 2.45) is 0 Å². The van der Waals surface area contributed by atoms with Crippen LogP contribution in [0.3, 0.4) is 0 Å². The molecule has 0 unspecified atom stereocenters. The number of rotatable bonds is 4. The molecule has 3 rings (SSSR count). The van der Waals surface area contributed by atoms with Gasteiger partial charge in [-0.25, -0.2) is 4.39 Å². The van der Waals surface area contributed by atoms with Crippen molar-refractivity contribution < 1.29 is 9.18 Å². The number of hydrogen-bond acceptors (Lipinski definition) is 4. The Labute approximate surface area is 142 Å². The minimum atomic E-state index is -0.400. The smallest absolute Gasteiger partial charge is 0.256 e. The van der Waals surface area contributed by atoms with Crippen LogP contribution >= 0.6 is 11.6 Å². The SMILES string of the molecule is O=C(Nc1ccc(Nc2cccc(Cl)c2)nn1)c1ccc(F)cc1. The molecule has 1 heterocycles. The normalized spacial score (nSPS) is 10.2. The lowest BCUT2D eigenvalue weighted by Gasteiger charge is -2.07. The Balaban J connectivity index is 1.66. The first-order valence-electron chi connectivity index (χ1n) is 7.03. The third-order valence-electron chi connectivity index (χ3n) is 3.11. The molecule has 0 fully saturated rings. The van der Waals surface area contributed by atoms with Crippen molar-refractivity contribution in [1.82, 2.24) is 10.2 Å². The van der Waals surface area contributed by atoms with Gasteiger partial charge in [-0.1, -0.05) is 17.7 Å². The van der Waals surface area contributed by atoms with E-state index in [0.717, 1.165) is 5.69 Å². The highest BCUT2D eigenvalue weighted by atomic mass is 35.5. The van der Waals surface area contributed by atoms with Gasteiger partial charge < -0.3 is 10.6 Å². The second-order valence-corrected chi connectivity index (χ2v) is 5.34. The van der Waals surface area contributed by atoms with E-state index in [4.69, 9.17) is 11.6 Å². The van der Waals surface area contributed by atoms with Crippen LogP contribution in [0.5, 0.6) is 0 Å². The number of hydrogen-bond donors (Lipinski definition) is 2. The summed E-state index contributed by atoms with van der Waals surface area (Å²) in [5, 5.41) is 14.2. The van der Waals surface area contributed by atoms with Crippen LogP contribution in [-0.2, 0) is 0 Å². The summed E-state index contributed by atoms with van der Waals surface area (Å²) < 4.78 is 12.9. The standard InChI is InChI=1S/C17H12ClFN4O/c18-12-2-1-3-14(10-12)20-15-8-9-16(23-22-15)21-17(24)11-4-6-13(19)7-5-11/h1-10H,(H,20,22)(H,21,23,24). The summed E-state index contributed by atoms with van der Waals surface area (Å²) in [6.07, 6.45) is 0. The van der Waals surface area contributed by atoms with Crippen molar-refractivity contribution in [2.75, 3.05) is 10.6 Å². The molecule has 0 aliphatic carbocycles. The quantitative estimate of drug-likeness (QED) is 0.743. The van der Waals surface area contributed by atoms with E-state index in [9.17, 15) is 9.18 Å². The van der Waals surface area contributed by atoms with Gasteiger partial charge in [-0.3, -0.25) is 4.79 Å². The molecule has 0 atom stereocenters. The fourth-order valence-corrected chi connectivity index (χ4v) is 2.16. The molecule has 0 aliphatic heterocycles. The van der Waals surface area contributed by atoms with E-state index in [0.29, 0.717) is 22.2 Å². The van der Waals surface area contributed by atoms with Crippen molar-refractivity contribution in [3.8, 4) is 0 Å². The van der Waals surface area contributed by atoms with Gasteiger partial charge in [0.25, 0.3) is 5.91 Å². The van der Waals surface area contributed by atoms with Gasteiger partial charge in [-0.2, -0.15) is 0 Å². The molecule has 3 aromatic rings. The predicted molar refractivity (Wildman–Crippen MR) is 91.1 cm³/mol. The number of aromatic nitrogens is 2. The number of carbonyl (C=O) groups is 1. The number of benzene rings is 2. The predicted octanol–water partition coefficient (Wildman–Crippen LogP) is 4.27. The molecular formula is C17H12ClFN4O. The highest BCUT2D eigenvalue weighted by molar-refractivity contribution is 6.30. The number of nitrogens with one attached hydrogen (secondary N) is 2. The van der Waals surface area contributed by atoms with Crippen LogP contribution < -0.4 is 10.6 Å². The van der Waals surface area contributed by atoms with Gasteiger partial charge in [0, 0.05) is 16.3 Å². The Morgan fingerprint density at radius 1 is 0.958 bits per heavy atom. The van der Waals surface area contributed by atoms with E-state index < -0.39 is 5.82 Å². The summed E-state index contributed by atoms with van der Waals surface area (Å²) in [7, 11) is 0. The molecule has 120 valence electrons. The molecule has 2 aromatic carbocycles. The van der Waals surface area contributed by atoms with Crippen molar-refractivity contribution >= 4 is 34.8 Å². The monoisotopic (exact) mass is 342 g/mol. The Morgan fingerprint density at radius 2 is 1.67 bits per heavy atom. The summed E-state index contributed by atoms with van der Waals surface area (Å²) >= 11 is 5.91. The molecule has 5 nitrogen and oxygen atoms in total. The first-order valence-corrected chi connectivity index (χ1v) is 7.41. The minimum Gasteiger partial charge on any atom is -0.339 e. The van der Waals surface area contributed by atoms with Gasteiger partial charge in [0.2, 0.25) is 0 Å². The van der Waals surface area contributed by atoms with E-state index in [2.05, 4.69) is 20.8 Å². The molecule has 7 heteroatoms. The molecule has 0 saturated carbocycles. The van der Waals surface area contributed by atoms with Gasteiger partial charge >= 0.3 is 0 Å². The fraction of sp³-hybridized carbons (Fsp3) is 0. The van der Waals surface area contributed by atoms with Gasteiger partial charge in [-0.05, 0) is 54.6 Å². The molecule has 2 N–H and O–H groups in total. The molecule has 0 spiro atoms. The lowest BCUT2D eigenvalue weighted by molar-refractivity contribution is 0.102. The van der Waals surface area contributed by atoms with Gasteiger partial charge in [-0.15, -0.1) is 10.2 Å². The van der Waals surface area contributed by atoms with Gasteiger partial charge in [0.1, 0.15) is 5.82 Å². The van der Waals surface area contributed by atoms with Crippen molar-refractivity contribution in [3.05, 3.63) is 77.1 Å². The van der Waals surface area contributed by atoms with E-state index in [1.54, 1.807) is 24.3 Å². The zero-order chi connectivity index (χ0) is 16.9. The third kappa shape index (κ3) is 4.05. The number of carbonyl (C=O) groups excluding carboxylic acids is 1. The molecule has 0 bridgehead atoms. The summed E-state index contributed by atoms with van der Waals surface area (Å²) in [5.41, 5.74) is 1.11. The Bertz CT molecular complexity index is 853. The van der Waals surface area contributed by atoms with Crippen LogP contribution in [0.4, 0.5) is 21.7 Å². The van der Waals surface area contributed by atoms with E-state index in [1.165, 1.54) is 24.3 Å². The van der Waals surface area contributed by atoms with E-state index in [1.807, 2.05) is 12.1 Å². The van der Waals surface area contributed by atoms with E-state index >= 15 is 0 Å². The summed E-state index contributed by atoms with van der Waals surface area (Å²) in [6.45, 7) is 0. The molecule has 1 aromatic heterocycles. The Hall–Kier alpha value is -2.99. The van der Waals surface area contributed by atoms with E-state index in [-0.39, 0.29) is 5.91 Å². The van der Waals surface area contributed by atoms with Gasteiger partial charge in [0.15, 0.2) is 11.6 Å². The average Bonchev–Trinajstić information content (AvgIpc) is 2.57. The molecule has 0 saturated heterocycles. The number of amides is 1. The first kappa shape index (κ1) is 15.9. The Kier molecular flexibility index (Phi) is 4.67. The van der Waals surface area contributed by atoms with Crippen LogP contribution in [0, 0.1) is 5.82 Å². The maximum atomic E-state index is 12.9. The van der Waals surface area contributed by atoms with Crippen LogP contribution in [0.25, 0.3) is 0 Å². The molecule has 0 radical (unpaired) electrons. The highest BCUT2D eigenvalue weighted by Gasteiger charge is 2.07. The van der Waals surface area contributed by atoms with Crippen molar-refractivity contribution in [1.29, 1.82) is 0 Å². The van der Waals surface area contributed by atoms with Gasteiger partial charge in [0.05, 0.1) is 0 Å². The second kappa shape index (κ2) is 7.06. The number of anilines is 3. The molecule has 24 heavy (non-hydrogen) atoms. The Morgan fingerprint density at radius 3 is 2.33 bits per heavy atom. The average molecular weight is 343 g/mol. The fourth-order valence-electron chi connectivity index (χ4n) is 1.97. The second-order valence-electron chi connectivity index (χ2n) is 4.90. The van der Waals surface area contributed by atoms with Crippen LogP contribution in [-0.4, -0.2) is 16.1 Å². The topological polar surface area (TPSA) is 66.9 Å². The zero-order valence-electron chi connectivity index (χ0n) is 12.3. The maximum Gasteiger partial charge on any atom is 0.256 e. The number of halogens is 2. The summed E-state index contributed by atoms with van der Waals surface area (Å²) in [4.78, 5) is 12.0. The third-order valence-corrected chi connectivity index (χ3v) is 3.34. The molecule has 1 amide bonds. The highest BCUT2D eigenvalue weighted by Crippen LogP contribution is 2.19. The minimum absolute atomic E-state index is 0.293. The van der Waals surface area contributed by atoms with Crippen LogP contribution in [0.15, 0.2) is 60.7 Å². The summed E-state index contributed by atoms with van der Waals surface area (Å²) in [6, 6.07) is 15.7. The van der Waals surface area contributed by atoms with Crippen LogP contribution in [0.1, 0.15) is 10.4 Å². The molecular weight excluding hydrogens is 331 g/mol. The zero-order valence-corrected chi connectivity index (χ0v) is 13.1. The van der Waals surface area contributed by atoms with Crippen LogP contribution in [0.2, 0.25) is 5.02 Å². The molecule has 0 aliphatic rings. The largest absolute Gasteiger partial charge is 0.339 e.